The molecule has 1 aliphatic carbocycles. The van der Waals surface area contributed by atoms with Gasteiger partial charge in [-0.25, -0.2) is 4.79 Å². The highest BCUT2D eigenvalue weighted by Crippen LogP contribution is 2.45. The maximum atomic E-state index is 11.6. The SMILES string of the molecule is O=C(NCC1(C(=O)O)CC1)Nc1ccc(Br)cc1. The van der Waals surface area contributed by atoms with Gasteiger partial charge >= 0.3 is 12.0 Å². The molecule has 0 aromatic heterocycles. The number of amides is 2. The quantitative estimate of drug-likeness (QED) is 0.799. The van der Waals surface area contributed by atoms with E-state index in [-0.39, 0.29) is 12.6 Å². The number of aliphatic carboxylic acids is 1. The molecule has 1 aromatic rings. The summed E-state index contributed by atoms with van der Waals surface area (Å²) < 4.78 is 0.927. The van der Waals surface area contributed by atoms with Gasteiger partial charge in [0.1, 0.15) is 0 Å². The second kappa shape index (κ2) is 4.97. The Bertz CT molecular complexity index is 469. The summed E-state index contributed by atoms with van der Waals surface area (Å²) in [6.07, 6.45) is 1.25. The Balaban J connectivity index is 1.82. The van der Waals surface area contributed by atoms with Crippen molar-refractivity contribution in [2.75, 3.05) is 11.9 Å². The van der Waals surface area contributed by atoms with Crippen LogP contribution in [0.25, 0.3) is 0 Å². The average Bonchev–Trinajstić information content (AvgIpc) is 3.11. The van der Waals surface area contributed by atoms with Crippen molar-refractivity contribution in [3.05, 3.63) is 28.7 Å². The standard InChI is InChI=1S/C12H13BrN2O3/c13-8-1-3-9(4-2-8)15-11(18)14-7-12(5-6-12)10(16)17/h1-4H,5-7H2,(H,16,17)(H2,14,15,18). The van der Waals surface area contributed by atoms with E-state index in [0.717, 1.165) is 4.47 Å². The highest BCUT2D eigenvalue weighted by atomic mass is 79.9. The predicted octanol–water partition coefficient (Wildman–Crippen LogP) is 2.44. The Labute approximate surface area is 113 Å². The summed E-state index contributed by atoms with van der Waals surface area (Å²) in [5, 5.41) is 14.2. The van der Waals surface area contributed by atoms with Crippen LogP contribution in [0.5, 0.6) is 0 Å². The van der Waals surface area contributed by atoms with Gasteiger partial charge in [-0.3, -0.25) is 4.79 Å². The van der Waals surface area contributed by atoms with E-state index in [1.54, 1.807) is 12.1 Å². The van der Waals surface area contributed by atoms with E-state index >= 15 is 0 Å². The van der Waals surface area contributed by atoms with Crippen LogP contribution in [0.1, 0.15) is 12.8 Å². The van der Waals surface area contributed by atoms with Crippen molar-refractivity contribution >= 4 is 33.6 Å². The second-order valence-electron chi connectivity index (χ2n) is 4.40. The average molecular weight is 313 g/mol. The van der Waals surface area contributed by atoms with Crippen LogP contribution in [-0.4, -0.2) is 23.7 Å². The lowest BCUT2D eigenvalue weighted by Crippen LogP contribution is -2.36. The smallest absolute Gasteiger partial charge is 0.319 e. The van der Waals surface area contributed by atoms with Crippen molar-refractivity contribution in [3.63, 3.8) is 0 Å². The number of urea groups is 1. The van der Waals surface area contributed by atoms with E-state index in [0.29, 0.717) is 18.5 Å². The van der Waals surface area contributed by atoms with Crippen molar-refractivity contribution in [1.82, 2.24) is 5.32 Å². The minimum Gasteiger partial charge on any atom is -0.481 e. The van der Waals surface area contributed by atoms with Crippen LogP contribution < -0.4 is 10.6 Å². The third-order valence-electron chi connectivity index (χ3n) is 3.00. The second-order valence-corrected chi connectivity index (χ2v) is 5.32. The fraction of sp³-hybridized carbons (Fsp3) is 0.333. The molecule has 0 heterocycles. The molecule has 0 aliphatic heterocycles. The van der Waals surface area contributed by atoms with Gasteiger partial charge < -0.3 is 15.7 Å². The van der Waals surface area contributed by atoms with Crippen LogP contribution in [0.4, 0.5) is 10.5 Å². The molecule has 96 valence electrons. The Morgan fingerprint density at radius 1 is 1.28 bits per heavy atom. The number of benzene rings is 1. The number of anilines is 1. The molecule has 6 heteroatoms. The molecule has 1 fully saturated rings. The first-order chi connectivity index (χ1) is 8.52. The van der Waals surface area contributed by atoms with Crippen molar-refractivity contribution < 1.29 is 14.7 Å². The van der Waals surface area contributed by atoms with E-state index in [1.165, 1.54) is 0 Å². The molecule has 0 saturated heterocycles. The number of carboxylic acid groups (broad SMARTS) is 1. The van der Waals surface area contributed by atoms with Gasteiger partial charge in [-0.15, -0.1) is 0 Å². The molecular formula is C12H13BrN2O3. The number of nitrogens with one attached hydrogen (secondary N) is 2. The van der Waals surface area contributed by atoms with Crippen LogP contribution in [0.3, 0.4) is 0 Å². The van der Waals surface area contributed by atoms with Crippen LogP contribution >= 0.6 is 15.9 Å². The highest BCUT2D eigenvalue weighted by Gasteiger charge is 2.50. The Kier molecular flexibility index (Phi) is 3.56. The van der Waals surface area contributed by atoms with E-state index < -0.39 is 11.4 Å². The normalized spacial score (nSPS) is 15.8. The van der Waals surface area contributed by atoms with E-state index in [2.05, 4.69) is 26.6 Å². The molecule has 1 aliphatic rings. The van der Waals surface area contributed by atoms with Gasteiger partial charge in [0.05, 0.1) is 5.41 Å². The lowest BCUT2D eigenvalue weighted by Gasteiger charge is -2.12. The molecule has 2 rings (SSSR count). The largest absolute Gasteiger partial charge is 0.481 e. The van der Waals surface area contributed by atoms with E-state index in [4.69, 9.17) is 5.11 Å². The molecule has 0 spiro atoms. The molecule has 0 unspecified atom stereocenters. The van der Waals surface area contributed by atoms with E-state index in [9.17, 15) is 9.59 Å². The third kappa shape index (κ3) is 3.01. The Hall–Kier alpha value is -1.56. The van der Waals surface area contributed by atoms with Gasteiger partial charge in [-0.05, 0) is 37.1 Å². The topological polar surface area (TPSA) is 78.4 Å². The minimum absolute atomic E-state index is 0.171. The number of carbonyl (C=O) groups is 2. The highest BCUT2D eigenvalue weighted by molar-refractivity contribution is 9.10. The molecule has 3 N–H and O–H groups in total. The van der Waals surface area contributed by atoms with Crippen LogP contribution in [0.2, 0.25) is 0 Å². The summed E-state index contributed by atoms with van der Waals surface area (Å²) in [7, 11) is 0. The molecule has 0 bridgehead atoms. The maximum Gasteiger partial charge on any atom is 0.319 e. The fourth-order valence-corrected chi connectivity index (χ4v) is 1.84. The molecule has 2 amide bonds. The first-order valence-electron chi connectivity index (χ1n) is 5.56. The van der Waals surface area contributed by atoms with Gasteiger partial charge in [0.2, 0.25) is 0 Å². The molecule has 1 saturated carbocycles. The summed E-state index contributed by atoms with van der Waals surface area (Å²) in [5.41, 5.74) is -0.0762. The number of carbonyl (C=O) groups excluding carboxylic acids is 1. The van der Waals surface area contributed by atoms with Crippen LogP contribution in [-0.2, 0) is 4.79 Å². The molecule has 5 nitrogen and oxygen atoms in total. The monoisotopic (exact) mass is 312 g/mol. The van der Waals surface area contributed by atoms with E-state index in [1.807, 2.05) is 12.1 Å². The van der Waals surface area contributed by atoms with Crippen molar-refractivity contribution in [3.8, 4) is 0 Å². The lowest BCUT2D eigenvalue weighted by atomic mass is 10.1. The van der Waals surface area contributed by atoms with Gasteiger partial charge in [0.15, 0.2) is 0 Å². The number of hydrogen-bond donors (Lipinski definition) is 3. The number of rotatable bonds is 4. The zero-order chi connectivity index (χ0) is 13.2. The van der Waals surface area contributed by atoms with Gasteiger partial charge in [0.25, 0.3) is 0 Å². The maximum absolute atomic E-state index is 11.6. The van der Waals surface area contributed by atoms with Crippen molar-refractivity contribution in [2.45, 2.75) is 12.8 Å². The zero-order valence-corrected chi connectivity index (χ0v) is 11.2. The summed E-state index contributed by atoms with van der Waals surface area (Å²) in [6.45, 7) is 0.171. The van der Waals surface area contributed by atoms with Crippen LogP contribution in [0.15, 0.2) is 28.7 Å². The molecule has 18 heavy (non-hydrogen) atoms. The third-order valence-corrected chi connectivity index (χ3v) is 3.53. The number of hydrogen-bond acceptors (Lipinski definition) is 2. The van der Waals surface area contributed by atoms with Gasteiger partial charge in [-0.1, -0.05) is 15.9 Å². The summed E-state index contributed by atoms with van der Waals surface area (Å²) in [5.74, 6) is -0.841. The van der Waals surface area contributed by atoms with Gasteiger partial charge in [0, 0.05) is 16.7 Å². The Morgan fingerprint density at radius 3 is 2.39 bits per heavy atom. The predicted molar refractivity (Wildman–Crippen MR) is 70.5 cm³/mol. The summed E-state index contributed by atoms with van der Waals surface area (Å²) in [6, 6.07) is 6.76. The molecular weight excluding hydrogens is 300 g/mol. The number of halogens is 1. The van der Waals surface area contributed by atoms with Crippen LogP contribution in [0, 0.1) is 5.41 Å². The van der Waals surface area contributed by atoms with Crippen molar-refractivity contribution in [2.24, 2.45) is 5.41 Å². The molecule has 1 aromatic carbocycles. The minimum atomic E-state index is -0.841. The molecule has 0 radical (unpaired) electrons. The first-order valence-corrected chi connectivity index (χ1v) is 6.35. The fourth-order valence-electron chi connectivity index (χ4n) is 1.58. The first kappa shape index (κ1) is 12.9. The summed E-state index contributed by atoms with van der Waals surface area (Å²) in [4.78, 5) is 22.5. The zero-order valence-electron chi connectivity index (χ0n) is 9.57. The Morgan fingerprint density at radius 2 is 1.89 bits per heavy atom. The molecule has 0 atom stereocenters. The van der Waals surface area contributed by atoms with Crippen molar-refractivity contribution in [1.29, 1.82) is 0 Å². The number of carboxylic acids is 1. The summed E-state index contributed by atoms with van der Waals surface area (Å²) >= 11 is 3.30. The lowest BCUT2D eigenvalue weighted by molar-refractivity contribution is -0.143. The van der Waals surface area contributed by atoms with Gasteiger partial charge in [-0.2, -0.15) is 0 Å².